The van der Waals surface area contributed by atoms with E-state index in [-0.39, 0.29) is 10.8 Å². The molecule has 0 bridgehead atoms. The number of halogens is 1. The molecule has 0 atom stereocenters. The van der Waals surface area contributed by atoms with Crippen molar-refractivity contribution in [1.82, 2.24) is 29.9 Å². The molecular weight excluding hydrogens is 1640 g/mol. The molecule has 0 spiro atoms. The molecule has 2 aliphatic rings. The molecule has 0 fully saturated rings. The third kappa shape index (κ3) is 15.6. The van der Waals surface area contributed by atoms with Crippen molar-refractivity contribution in [3.63, 3.8) is 0 Å². The van der Waals surface area contributed by atoms with Crippen molar-refractivity contribution in [3.8, 4) is 135 Å². The summed E-state index contributed by atoms with van der Waals surface area (Å²) in [5.74, 6) is 3.82. The summed E-state index contributed by atoms with van der Waals surface area (Å²) in [7, 11) is 0. The fraction of sp³-hybridized carbons (Fsp3) is 0.0500. The first-order valence-electron chi connectivity index (χ1n) is 44.2. The molecule has 18 aromatic carbocycles. The molecule has 0 unspecified atom stereocenters. The smallest absolute Gasteiger partial charge is 0.164 e. The zero-order valence-corrected chi connectivity index (χ0v) is 74.0. The van der Waals surface area contributed by atoms with Crippen LogP contribution >= 0.6 is 22.9 Å². The first-order chi connectivity index (χ1) is 64.3. The van der Waals surface area contributed by atoms with Crippen LogP contribution in [0.5, 0.6) is 0 Å². The molecule has 2 aliphatic carbocycles. The topological polar surface area (TPSA) is 106 Å². The highest BCUT2D eigenvalue weighted by atomic mass is 35.5. The van der Waals surface area contributed by atoms with E-state index in [4.69, 9.17) is 45.9 Å². The number of fused-ring (bicyclic) bond motifs is 12. The number of rotatable bonds is 15. The van der Waals surface area contributed by atoms with Gasteiger partial charge in [-0.2, -0.15) is 0 Å². The van der Waals surface area contributed by atoms with Crippen molar-refractivity contribution in [2.45, 2.75) is 38.5 Å². The average molecular weight is 1720 g/mol. The van der Waals surface area contributed by atoms with Gasteiger partial charge in [-0.1, -0.05) is 367 Å². The minimum atomic E-state index is -0.123. The van der Waals surface area contributed by atoms with Gasteiger partial charge in [-0.05, 0) is 198 Å². The molecule has 131 heavy (non-hydrogen) atoms. The Morgan fingerprint density at radius 1 is 0.244 bits per heavy atom. The molecule has 24 rings (SSSR count). The maximum atomic E-state index is 6.51. The normalized spacial score (nSPS) is 12.4. The van der Waals surface area contributed by atoms with E-state index in [1.807, 2.05) is 152 Å². The number of thiophene rings is 1. The summed E-state index contributed by atoms with van der Waals surface area (Å²) in [4.78, 5) is 32.3. The summed E-state index contributed by atoms with van der Waals surface area (Å²) in [6.45, 7) is 9.31. The van der Waals surface area contributed by atoms with Gasteiger partial charge in [-0.3, -0.25) is 0 Å². The van der Waals surface area contributed by atoms with Gasteiger partial charge in [0.1, 0.15) is 11.2 Å². The summed E-state index contributed by atoms with van der Waals surface area (Å²) >= 11 is 7.93. The number of anilines is 5. The number of nitrogens with one attached hydrogen (secondary N) is 1. The molecule has 624 valence electrons. The van der Waals surface area contributed by atoms with Gasteiger partial charge in [0.25, 0.3) is 0 Å². The lowest BCUT2D eigenvalue weighted by Crippen LogP contribution is -2.16. The minimum Gasteiger partial charge on any atom is -0.456 e. The highest BCUT2D eigenvalue weighted by Crippen LogP contribution is 2.53. The summed E-state index contributed by atoms with van der Waals surface area (Å²) < 4.78 is 8.94. The van der Waals surface area contributed by atoms with Gasteiger partial charge in [0.2, 0.25) is 0 Å². The fourth-order valence-electron chi connectivity index (χ4n) is 18.7. The van der Waals surface area contributed by atoms with E-state index in [9.17, 15) is 0 Å². The number of hydrogen-bond donors (Lipinski definition) is 1. The van der Waals surface area contributed by atoms with Gasteiger partial charge >= 0.3 is 0 Å². The van der Waals surface area contributed by atoms with Crippen LogP contribution in [0.3, 0.4) is 0 Å². The molecule has 22 aromatic rings. The van der Waals surface area contributed by atoms with Crippen LogP contribution in [0.4, 0.5) is 28.4 Å². The van der Waals surface area contributed by atoms with E-state index in [0.717, 1.165) is 116 Å². The van der Waals surface area contributed by atoms with Crippen LogP contribution in [-0.2, 0) is 10.8 Å². The Labute approximate surface area is 770 Å². The van der Waals surface area contributed by atoms with Crippen LogP contribution < -0.4 is 10.2 Å². The quantitative estimate of drug-likeness (QED) is 0.107. The molecule has 9 nitrogen and oxygen atoms in total. The zero-order chi connectivity index (χ0) is 88.1. The molecule has 1 N–H and O–H groups in total. The molecule has 0 amide bonds. The van der Waals surface area contributed by atoms with E-state index in [2.05, 4.69) is 323 Å². The van der Waals surface area contributed by atoms with Crippen molar-refractivity contribution >= 4 is 93.5 Å². The number of hydrogen-bond acceptors (Lipinski definition) is 10. The lowest BCUT2D eigenvalue weighted by atomic mass is 9.82. The Morgan fingerprint density at radius 3 is 1.09 bits per heavy atom. The number of aromatic nitrogens is 6. The van der Waals surface area contributed by atoms with Gasteiger partial charge in [0.05, 0.1) is 0 Å². The van der Waals surface area contributed by atoms with Crippen molar-refractivity contribution in [3.05, 3.63) is 464 Å². The van der Waals surface area contributed by atoms with E-state index >= 15 is 0 Å². The third-order valence-corrected chi connectivity index (χ3v) is 26.8. The number of benzene rings is 18. The second-order valence-electron chi connectivity index (χ2n) is 34.3. The van der Waals surface area contributed by atoms with E-state index in [1.165, 1.54) is 81.5 Å². The monoisotopic (exact) mass is 1720 g/mol. The SMILES string of the molecule is CC1(C)c2ccccc2-c2ccc(N(c3ccc(-c4ccccc4)cc3)c3ccc(-c4ccc5oc6cccc(-c7nc(-c8ccccc8)nc(-c8ccccc8)n7)c6c5c4)cc3)cc21.CC1(C)c2ccccc2-c2ccc(Nc3ccc(-c4ccccc4)cc3)cc21.Clc1ccc(-c2ccc3sc4cccc(-c5nc(-c6ccccc6)nc(-c6ccccc6)n5)c4c3c2)cc1. The Morgan fingerprint density at radius 2 is 0.595 bits per heavy atom. The maximum absolute atomic E-state index is 6.51. The summed E-state index contributed by atoms with van der Waals surface area (Å²) in [5, 5.41) is 8.63. The van der Waals surface area contributed by atoms with Crippen LogP contribution in [0.2, 0.25) is 5.02 Å². The Balaban J connectivity index is 0.000000128. The van der Waals surface area contributed by atoms with Crippen LogP contribution in [0.1, 0.15) is 49.9 Å². The second kappa shape index (κ2) is 34.2. The van der Waals surface area contributed by atoms with Crippen molar-refractivity contribution in [2.75, 3.05) is 10.2 Å². The number of nitrogens with zero attached hydrogens (tertiary/aromatic N) is 7. The standard InChI is InChI=1S/C60H42N4O.C33H20ClN3S.C27H23N/c1-60(2)52-23-13-12-21-48(52)49-35-34-47(38-53(49)60)64(45-30-25-40(26-31-45)39-15-6-3-7-16-39)46-32-27-41(28-33-46)44-29-36-54-51(37-44)56-50(22-14-24-55(56)65-54)59-62-57(42-17-8-4-9-18-42)61-58(63-59)43-19-10-5-11-20-43;34-25-17-14-21(15-18-25)24-16-19-28-27(20-24)30-26(12-7-13-29(30)38-28)33-36-31(22-8-3-1-4-9-22)35-32(37-33)23-10-5-2-6-11-23;1-27(2)25-11-7-6-10-23(25)24-17-16-22(18-26(24)27)28-21-14-12-20(13-15-21)19-8-4-3-5-9-19/h3-38H,1-2H3;1-20H;3-18,28H,1-2H3. The van der Waals surface area contributed by atoms with Gasteiger partial charge < -0.3 is 14.6 Å². The lowest BCUT2D eigenvalue weighted by molar-refractivity contribution is 0.660. The molecular formula is C120H85ClN8OS. The zero-order valence-electron chi connectivity index (χ0n) is 72.4. The van der Waals surface area contributed by atoms with Crippen LogP contribution in [0.25, 0.3) is 177 Å². The van der Waals surface area contributed by atoms with Crippen molar-refractivity contribution in [1.29, 1.82) is 0 Å². The first kappa shape index (κ1) is 80.7. The van der Waals surface area contributed by atoms with Crippen LogP contribution in [-0.4, -0.2) is 29.9 Å². The van der Waals surface area contributed by atoms with Gasteiger partial charge in [-0.15, -0.1) is 11.3 Å². The van der Waals surface area contributed by atoms with Crippen LogP contribution in [0.15, 0.2) is 441 Å². The predicted molar refractivity (Wildman–Crippen MR) is 545 cm³/mol. The Kier molecular flexibility index (Phi) is 21.1. The van der Waals surface area contributed by atoms with Gasteiger partial charge in [0.15, 0.2) is 34.9 Å². The highest BCUT2D eigenvalue weighted by molar-refractivity contribution is 7.26. The van der Waals surface area contributed by atoms with E-state index < -0.39 is 0 Å². The van der Waals surface area contributed by atoms with Crippen LogP contribution in [0, 0.1) is 0 Å². The maximum Gasteiger partial charge on any atom is 0.164 e. The second-order valence-corrected chi connectivity index (χ2v) is 35.8. The highest BCUT2D eigenvalue weighted by Gasteiger charge is 2.37. The lowest BCUT2D eigenvalue weighted by Gasteiger charge is -2.28. The largest absolute Gasteiger partial charge is 0.456 e. The molecule has 0 radical (unpaired) electrons. The van der Waals surface area contributed by atoms with E-state index in [0.29, 0.717) is 34.9 Å². The summed E-state index contributed by atoms with van der Waals surface area (Å²) in [6, 6.07) is 153. The molecule has 4 heterocycles. The minimum absolute atomic E-state index is 0.0286. The molecule has 11 heteroatoms. The van der Waals surface area contributed by atoms with Crippen molar-refractivity contribution in [2.24, 2.45) is 0 Å². The third-order valence-electron chi connectivity index (χ3n) is 25.4. The Hall–Kier alpha value is -16.1. The predicted octanol–water partition coefficient (Wildman–Crippen LogP) is 32.8. The summed E-state index contributed by atoms with van der Waals surface area (Å²) in [5.41, 5.74) is 32.8. The molecule has 0 saturated heterocycles. The molecule has 0 saturated carbocycles. The van der Waals surface area contributed by atoms with E-state index in [1.54, 1.807) is 11.3 Å². The number of furan rings is 1. The van der Waals surface area contributed by atoms with Crippen molar-refractivity contribution < 1.29 is 4.42 Å². The molecule has 4 aromatic heterocycles. The first-order valence-corrected chi connectivity index (χ1v) is 45.4. The fourth-order valence-corrected chi connectivity index (χ4v) is 20.0. The summed E-state index contributed by atoms with van der Waals surface area (Å²) in [6.07, 6.45) is 0. The average Bonchev–Trinajstić information content (AvgIpc) is 1.57. The Bertz CT molecular complexity index is 7900. The molecule has 0 aliphatic heterocycles. The van der Waals surface area contributed by atoms with Gasteiger partial charge in [0, 0.05) is 109 Å². The van der Waals surface area contributed by atoms with Gasteiger partial charge in [-0.25, -0.2) is 29.9 Å².